The summed E-state index contributed by atoms with van der Waals surface area (Å²) in [4.78, 5) is 18.2. The summed E-state index contributed by atoms with van der Waals surface area (Å²) in [6, 6.07) is 9.63. The van der Waals surface area contributed by atoms with E-state index in [-0.39, 0.29) is 5.91 Å². The molecule has 2 aromatic rings. The zero-order chi connectivity index (χ0) is 15.0. The number of carbonyl (C=O) groups is 1. The molecule has 1 aliphatic heterocycles. The molecule has 0 spiro atoms. The summed E-state index contributed by atoms with van der Waals surface area (Å²) in [5.74, 6) is 0.339. The number of amides is 1. The first-order chi connectivity index (χ1) is 10.1. The number of nitrogens with zero attached hydrogens (tertiary/aromatic N) is 2. The van der Waals surface area contributed by atoms with E-state index in [2.05, 4.69) is 10.3 Å². The summed E-state index contributed by atoms with van der Waals surface area (Å²) >= 11 is 6.18. The van der Waals surface area contributed by atoms with Gasteiger partial charge in [-0.25, -0.2) is 4.98 Å². The molecule has 2 heterocycles. The van der Waals surface area contributed by atoms with Gasteiger partial charge in [0.1, 0.15) is 5.82 Å². The molecule has 1 aliphatic rings. The molecule has 106 valence electrons. The van der Waals surface area contributed by atoms with Gasteiger partial charge in [-0.15, -0.1) is 0 Å². The van der Waals surface area contributed by atoms with E-state index < -0.39 is 0 Å². The van der Waals surface area contributed by atoms with Gasteiger partial charge in [-0.1, -0.05) is 23.7 Å². The quantitative estimate of drug-likeness (QED) is 0.866. The lowest BCUT2D eigenvalue weighted by molar-refractivity contribution is -0.110. The van der Waals surface area contributed by atoms with Crippen molar-refractivity contribution in [1.82, 2.24) is 4.98 Å². The lowest BCUT2D eigenvalue weighted by Crippen LogP contribution is -2.08. The molecule has 0 fully saturated rings. The number of aromatic nitrogens is 1. The molecule has 3 rings (SSSR count). The maximum atomic E-state index is 12.1. The summed E-state index contributed by atoms with van der Waals surface area (Å²) in [7, 11) is 3.97. The summed E-state index contributed by atoms with van der Waals surface area (Å²) < 4.78 is 0. The maximum absolute atomic E-state index is 12.1. The van der Waals surface area contributed by atoms with Gasteiger partial charge in [0.2, 0.25) is 0 Å². The van der Waals surface area contributed by atoms with E-state index in [1.165, 1.54) is 0 Å². The molecule has 0 unspecified atom stereocenters. The Morgan fingerprint density at radius 2 is 1.90 bits per heavy atom. The van der Waals surface area contributed by atoms with E-state index in [1.807, 2.05) is 49.3 Å². The predicted octanol–water partition coefficient (Wildman–Crippen LogP) is 3.29. The molecule has 4 nitrogen and oxygen atoms in total. The number of halogens is 1. The molecular weight excluding hydrogens is 286 g/mol. The van der Waals surface area contributed by atoms with Gasteiger partial charge in [0.05, 0.1) is 10.6 Å². The molecule has 0 atom stereocenters. The van der Waals surface area contributed by atoms with Crippen LogP contribution in [0.1, 0.15) is 11.1 Å². The van der Waals surface area contributed by atoms with Crippen molar-refractivity contribution in [3.63, 3.8) is 0 Å². The number of anilines is 2. The molecule has 1 amide bonds. The molecule has 21 heavy (non-hydrogen) atoms. The van der Waals surface area contributed by atoms with Crippen LogP contribution in [0.15, 0.2) is 36.5 Å². The van der Waals surface area contributed by atoms with E-state index >= 15 is 0 Å². The topological polar surface area (TPSA) is 45.2 Å². The highest BCUT2D eigenvalue weighted by molar-refractivity contribution is 6.41. The van der Waals surface area contributed by atoms with Crippen LogP contribution in [0.4, 0.5) is 11.5 Å². The number of hydrogen-bond acceptors (Lipinski definition) is 3. The zero-order valence-electron chi connectivity index (χ0n) is 11.7. The van der Waals surface area contributed by atoms with Gasteiger partial charge in [0.15, 0.2) is 0 Å². The van der Waals surface area contributed by atoms with Crippen molar-refractivity contribution in [2.45, 2.75) is 0 Å². The smallest absolute Gasteiger partial charge is 0.257 e. The van der Waals surface area contributed by atoms with Gasteiger partial charge in [0.25, 0.3) is 5.91 Å². The predicted molar refractivity (Wildman–Crippen MR) is 86.5 cm³/mol. The van der Waals surface area contributed by atoms with Gasteiger partial charge in [-0.05, 0) is 29.8 Å². The first-order valence-corrected chi connectivity index (χ1v) is 6.89. The van der Waals surface area contributed by atoms with Crippen molar-refractivity contribution in [3.8, 4) is 0 Å². The molecule has 5 heteroatoms. The van der Waals surface area contributed by atoms with Crippen molar-refractivity contribution >= 4 is 40.7 Å². The van der Waals surface area contributed by atoms with Gasteiger partial charge < -0.3 is 10.2 Å². The van der Waals surface area contributed by atoms with Gasteiger partial charge in [-0.2, -0.15) is 0 Å². The minimum atomic E-state index is -0.178. The van der Waals surface area contributed by atoms with Crippen LogP contribution in [-0.2, 0) is 4.79 Å². The van der Waals surface area contributed by atoms with E-state index in [9.17, 15) is 4.79 Å². The highest BCUT2D eigenvalue weighted by Crippen LogP contribution is 2.36. The fourth-order valence-corrected chi connectivity index (χ4v) is 2.50. The standard InChI is InChI=1S/C16H14ClN3O/c1-20(2)11-5-3-10(4-6-11)9-12-14-13(17)7-8-18-15(14)19-16(12)21/h3-9H,1-2H3,(H,18,19,21). The number of hydrogen-bond donors (Lipinski definition) is 1. The third-order valence-electron chi connectivity index (χ3n) is 3.37. The Kier molecular flexibility index (Phi) is 3.39. The Morgan fingerprint density at radius 3 is 2.57 bits per heavy atom. The molecule has 1 aromatic heterocycles. The van der Waals surface area contributed by atoms with E-state index in [0.29, 0.717) is 22.0 Å². The van der Waals surface area contributed by atoms with Crippen molar-refractivity contribution in [2.24, 2.45) is 0 Å². The number of pyridine rings is 1. The summed E-state index contributed by atoms with van der Waals surface area (Å²) in [6.07, 6.45) is 3.41. The molecule has 0 saturated heterocycles. The third-order valence-corrected chi connectivity index (χ3v) is 3.68. The Morgan fingerprint density at radius 1 is 1.19 bits per heavy atom. The van der Waals surface area contributed by atoms with E-state index in [0.717, 1.165) is 11.3 Å². The molecule has 1 N–H and O–H groups in total. The van der Waals surface area contributed by atoms with Crippen molar-refractivity contribution < 1.29 is 4.79 Å². The van der Waals surface area contributed by atoms with Crippen LogP contribution in [-0.4, -0.2) is 25.0 Å². The maximum Gasteiger partial charge on any atom is 0.257 e. The average molecular weight is 300 g/mol. The number of benzene rings is 1. The number of carbonyl (C=O) groups excluding carboxylic acids is 1. The Bertz CT molecular complexity index is 736. The normalized spacial score (nSPS) is 15.0. The molecule has 0 aliphatic carbocycles. The van der Waals surface area contributed by atoms with Gasteiger partial charge in [0, 0.05) is 31.5 Å². The van der Waals surface area contributed by atoms with Crippen LogP contribution in [0.3, 0.4) is 0 Å². The second-order valence-electron chi connectivity index (χ2n) is 5.01. The lowest BCUT2D eigenvalue weighted by Gasteiger charge is -2.12. The fraction of sp³-hybridized carbons (Fsp3) is 0.125. The van der Waals surface area contributed by atoms with Crippen LogP contribution in [0.5, 0.6) is 0 Å². The van der Waals surface area contributed by atoms with E-state index in [1.54, 1.807) is 12.3 Å². The SMILES string of the molecule is CN(C)c1ccc(C=C2C(=O)Nc3nccc(Cl)c32)cc1. The molecule has 0 radical (unpaired) electrons. The second kappa shape index (κ2) is 5.22. The summed E-state index contributed by atoms with van der Waals surface area (Å²) in [5.41, 5.74) is 3.26. The van der Waals surface area contributed by atoms with Crippen LogP contribution in [0.25, 0.3) is 11.6 Å². The second-order valence-corrected chi connectivity index (χ2v) is 5.42. The van der Waals surface area contributed by atoms with Crippen LogP contribution in [0, 0.1) is 0 Å². The third kappa shape index (κ3) is 2.50. The van der Waals surface area contributed by atoms with Crippen molar-refractivity contribution in [1.29, 1.82) is 0 Å². The zero-order valence-corrected chi connectivity index (χ0v) is 12.5. The number of rotatable bonds is 2. The summed E-state index contributed by atoms with van der Waals surface area (Å²) in [6.45, 7) is 0. The van der Waals surface area contributed by atoms with Crippen molar-refractivity contribution in [2.75, 3.05) is 24.3 Å². The number of fused-ring (bicyclic) bond motifs is 1. The van der Waals surface area contributed by atoms with Gasteiger partial charge in [-0.3, -0.25) is 4.79 Å². The Balaban J connectivity index is 2.03. The van der Waals surface area contributed by atoms with E-state index in [4.69, 9.17) is 11.6 Å². The fourth-order valence-electron chi connectivity index (χ4n) is 2.25. The molecule has 1 aromatic carbocycles. The number of nitrogens with one attached hydrogen (secondary N) is 1. The average Bonchev–Trinajstić information content (AvgIpc) is 2.77. The highest BCUT2D eigenvalue weighted by Gasteiger charge is 2.27. The largest absolute Gasteiger partial charge is 0.378 e. The first-order valence-electron chi connectivity index (χ1n) is 6.51. The molecule has 0 bridgehead atoms. The van der Waals surface area contributed by atoms with Crippen LogP contribution in [0.2, 0.25) is 5.02 Å². The lowest BCUT2D eigenvalue weighted by atomic mass is 10.1. The van der Waals surface area contributed by atoms with Crippen LogP contribution < -0.4 is 10.2 Å². The Hall–Kier alpha value is -2.33. The minimum absolute atomic E-state index is 0.178. The highest BCUT2D eigenvalue weighted by atomic mass is 35.5. The first kappa shape index (κ1) is 13.6. The molecular formula is C16H14ClN3O. The van der Waals surface area contributed by atoms with Crippen molar-refractivity contribution in [3.05, 3.63) is 52.7 Å². The molecule has 0 saturated carbocycles. The minimum Gasteiger partial charge on any atom is -0.378 e. The van der Waals surface area contributed by atoms with Gasteiger partial charge >= 0.3 is 0 Å². The monoisotopic (exact) mass is 299 g/mol. The summed E-state index contributed by atoms with van der Waals surface area (Å²) in [5, 5.41) is 3.25. The Labute approximate surface area is 128 Å². The van der Waals surface area contributed by atoms with Crippen LogP contribution >= 0.6 is 11.6 Å².